The number of rotatable bonds is 4. The minimum atomic E-state index is 0.163. The number of hydrogen-bond acceptors (Lipinski definition) is 3. The fourth-order valence-electron chi connectivity index (χ4n) is 1.14. The Morgan fingerprint density at radius 3 is 2.54 bits per heavy atom. The normalized spacial score (nSPS) is 12.2. The first-order valence-electron chi connectivity index (χ1n) is 4.19. The third kappa shape index (κ3) is 3.48. The van der Waals surface area contributed by atoms with Crippen molar-refractivity contribution in [1.82, 2.24) is 0 Å². The molecule has 3 nitrogen and oxygen atoms in total. The molecular weight excluding hydrogens is 165 g/mol. The first-order valence-corrected chi connectivity index (χ1v) is 4.19. The Bertz CT molecular complexity index is 248. The lowest BCUT2D eigenvalue weighted by atomic mass is 10.1. The van der Waals surface area contributed by atoms with E-state index in [-0.39, 0.29) is 6.04 Å². The minimum Gasteiger partial charge on any atom is -0.537 e. The number of nitrogens with two attached hydrogens (primary N) is 1. The molecule has 0 amide bonds. The van der Waals surface area contributed by atoms with E-state index >= 15 is 0 Å². The fraction of sp³-hybridized carbons (Fsp3) is 0.333. The standard InChI is InChI=1S/C9H13BNO2/c1-7(11)6-8-2-4-9(5-3-8)13-10-12/h2-5,7,12H,6,11H2,1H3. The van der Waals surface area contributed by atoms with E-state index in [4.69, 9.17) is 15.4 Å². The Hall–Kier alpha value is -0.995. The van der Waals surface area contributed by atoms with Crippen LogP contribution in [0.25, 0.3) is 0 Å². The van der Waals surface area contributed by atoms with Crippen molar-refractivity contribution in [1.29, 1.82) is 0 Å². The van der Waals surface area contributed by atoms with Gasteiger partial charge in [-0.2, -0.15) is 0 Å². The molecular formula is C9H13BNO2. The predicted octanol–water partition coefficient (Wildman–Crippen LogP) is 0.482. The van der Waals surface area contributed by atoms with Crippen molar-refractivity contribution >= 4 is 7.69 Å². The molecule has 3 N–H and O–H groups in total. The van der Waals surface area contributed by atoms with E-state index in [0.717, 1.165) is 6.42 Å². The zero-order valence-corrected chi connectivity index (χ0v) is 7.60. The summed E-state index contributed by atoms with van der Waals surface area (Å²) in [4.78, 5) is 0. The van der Waals surface area contributed by atoms with Crippen LogP contribution in [0.1, 0.15) is 12.5 Å². The van der Waals surface area contributed by atoms with Gasteiger partial charge in [0, 0.05) is 6.04 Å². The van der Waals surface area contributed by atoms with Crippen molar-refractivity contribution in [3.8, 4) is 5.75 Å². The first-order chi connectivity index (χ1) is 6.22. The van der Waals surface area contributed by atoms with E-state index in [1.54, 1.807) is 12.1 Å². The average molecular weight is 178 g/mol. The maximum absolute atomic E-state index is 8.37. The molecule has 0 heterocycles. The topological polar surface area (TPSA) is 55.5 Å². The Morgan fingerprint density at radius 2 is 2.08 bits per heavy atom. The predicted molar refractivity (Wildman–Crippen MR) is 52.4 cm³/mol. The van der Waals surface area contributed by atoms with Gasteiger partial charge in [0.2, 0.25) is 0 Å². The van der Waals surface area contributed by atoms with Gasteiger partial charge in [-0.15, -0.1) is 0 Å². The van der Waals surface area contributed by atoms with Crippen molar-refractivity contribution < 1.29 is 9.68 Å². The summed E-state index contributed by atoms with van der Waals surface area (Å²) < 4.78 is 4.77. The summed E-state index contributed by atoms with van der Waals surface area (Å²) in [6.45, 7) is 1.96. The van der Waals surface area contributed by atoms with Crippen LogP contribution in [0.15, 0.2) is 24.3 Å². The van der Waals surface area contributed by atoms with Gasteiger partial charge < -0.3 is 15.4 Å². The molecule has 0 aliphatic carbocycles. The van der Waals surface area contributed by atoms with Crippen LogP contribution in [0.3, 0.4) is 0 Å². The summed E-state index contributed by atoms with van der Waals surface area (Å²) >= 11 is 0. The van der Waals surface area contributed by atoms with Crippen LogP contribution in [0.5, 0.6) is 5.75 Å². The van der Waals surface area contributed by atoms with Crippen LogP contribution in [0, 0.1) is 0 Å². The summed E-state index contributed by atoms with van der Waals surface area (Å²) in [5, 5.41) is 8.37. The summed E-state index contributed by atoms with van der Waals surface area (Å²) in [6.07, 6.45) is 0.850. The van der Waals surface area contributed by atoms with Crippen LogP contribution in [0.4, 0.5) is 0 Å². The Kier molecular flexibility index (Phi) is 3.80. The molecule has 1 aromatic rings. The van der Waals surface area contributed by atoms with E-state index in [1.165, 1.54) is 5.56 Å². The lowest BCUT2D eigenvalue weighted by molar-refractivity contribution is 0.453. The Balaban J connectivity index is 2.59. The van der Waals surface area contributed by atoms with Gasteiger partial charge in [-0.1, -0.05) is 12.1 Å². The lowest BCUT2D eigenvalue weighted by Crippen LogP contribution is -2.17. The average Bonchev–Trinajstić information content (AvgIpc) is 2.08. The first kappa shape index (κ1) is 10.1. The molecule has 4 heteroatoms. The molecule has 0 aliphatic rings. The molecule has 0 fully saturated rings. The molecule has 1 rings (SSSR count). The molecule has 1 atom stereocenters. The van der Waals surface area contributed by atoms with Crippen LogP contribution in [0.2, 0.25) is 0 Å². The quantitative estimate of drug-likeness (QED) is 0.659. The van der Waals surface area contributed by atoms with Gasteiger partial charge in [-0.3, -0.25) is 0 Å². The summed E-state index contributed by atoms with van der Waals surface area (Å²) in [5.41, 5.74) is 6.81. The Labute approximate surface area is 78.8 Å². The monoisotopic (exact) mass is 178 g/mol. The molecule has 0 spiro atoms. The zero-order chi connectivity index (χ0) is 9.68. The minimum absolute atomic E-state index is 0.163. The largest absolute Gasteiger partial charge is 0.569 e. The maximum Gasteiger partial charge on any atom is 0.569 e. The van der Waals surface area contributed by atoms with Crippen molar-refractivity contribution in [2.45, 2.75) is 19.4 Å². The van der Waals surface area contributed by atoms with Crippen molar-refractivity contribution in [3.05, 3.63) is 29.8 Å². The molecule has 1 unspecified atom stereocenters. The van der Waals surface area contributed by atoms with Gasteiger partial charge in [0.25, 0.3) is 0 Å². The number of benzene rings is 1. The highest BCUT2D eigenvalue weighted by molar-refractivity contribution is 6.17. The van der Waals surface area contributed by atoms with E-state index in [0.29, 0.717) is 13.4 Å². The van der Waals surface area contributed by atoms with Gasteiger partial charge in [-0.25, -0.2) is 0 Å². The van der Waals surface area contributed by atoms with E-state index in [9.17, 15) is 0 Å². The molecule has 13 heavy (non-hydrogen) atoms. The fourth-order valence-corrected chi connectivity index (χ4v) is 1.14. The number of hydrogen-bond donors (Lipinski definition) is 2. The van der Waals surface area contributed by atoms with Gasteiger partial charge in [-0.05, 0) is 31.0 Å². The van der Waals surface area contributed by atoms with Crippen molar-refractivity contribution in [2.75, 3.05) is 0 Å². The Morgan fingerprint density at radius 1 is 1.46 bits per heavy atom. The highest BCUT2D eigenvalue weighted by Gasteiger charge is 1.98. The van der Waals surface area contributed by atoms with Gasteiger partial charge >= 0.3 is 7.69 Å². The van der Waals surface area contributed by atoms with E-state index in [2.05, 4.69) is 0 Å². The van der Waals surface area contributed by atoms with Gasteiger partial charge in [0.1, 0.15) is 0 Å². The highest BCUT2D eigenvalue weighted by atomic mass is 16.5. The van der Waals surface area contributed by atoms with Crippen LogP contribution >= 0.6 is 0 Å². The molecule has 0 aliphatic heterocycles. The molecule has 1 radical (unpaired) electrons. The molecule has 69 valence electrons. The smallest absolute Gasteiger partial charge is 0.537 e. The highest BCUT2D eigenvalue weighted by Crippen LogP contribution is 2.12. The van der Waals surface area contributed by atoms with Crippen LogP contribution < -0.4 is 10.4 Å². The third-order valence-corrected chi connectivity index (χ3v) is 1.67. The van der Waals surface area contributed by atoms with Gasteiger partial charge in [0.15, 0.2) is 0 Å². The third-order valence-electron chi connectivity index (χ3n) is 1.67. The van der Waals surface area contributed by atoms with E-state index in [1.807, 2.05) is 19.1 Å². The zero-order valence-electron chi connectivity index (χ0n) is 7.60. The summed E-state index contributed by atoms with van der Waals surface area (Å²) in [5.74, 6) is 0.621. The lowest BCUT2D eigenvalue weighted by Gasteiger charge is -2.06. The SMILES string of the molecule is CC(N)Cc1ccc(O[B]O)cc1. The molecule has 0 saturated heterocycles. The van der Waals surface area contributed by atoms with Gasteiger partial charge in [0.05, 0.1) is 5.75 Å². The second kappa shape index (κ2) is 4.89. The second-order valence-corrected chi connectivity index (χ2v) is 3.05. The molecule has 0 bridgehead atoms. The van der Waals surface area contributed by atoms with Crippen molar-refractivity contribution in [2.24, 2.45) is 5.73 Å². The molecule has 0 saturated carbocycles. The van der Waals surface area contributed by atoms with E-state index < -0.39 is 0 Å². The maximum atomic E-state index is 8.37. The second-order valence-electron chi connectivity index (χ2n) is 3.05. The van der Waals surface area contributed by atoms with Crippen LogP contribution in [-0.4, -0.2) is 18.8 Å². The summed E-state index contributed by atoms with van der Waals surface area (Å²) in [7, 11) is 0.667. The molecule has 1 aromatic carbocycles. The summed E-state index contributed by atoms with van der Waals surface area (Å²) in [6, 6.07) is 7.62. The van der Waals surface area contributed by atoms with Crippen molar-refractivity contribution in [3.63, 3.8) is 0 Å². The van der Waals surface area contributed by atoms with Crippen LogP contribution in [-0.2, 0) is 6.42 Å². The molecule has 0 aromatic heterocycles.